The normalized spacial score (nSPS) is 10.7. The van der Waals surface area contributed by atoms with Gasteiger partial charge in [0.1, 0.15) is 11.2 Å². The minimum Gasteiger partial charge on any atom is -0.494 e. The van der Waals surface area contributed by atoms with Crippen molar-refractivity contribution in [3.05, 3.63) is 29.3 Å². The first-order valence-corrected chi connectivity index (χ1v) is 5.53. The molecule has 1 N–H and O–H groups in total. The number of hydrogen-bond donors (Lipinski definition) is 1. The van der Waals surface area contributed by atoms with Crippen LogP contribution in [0.2, 0.25) is 0 Å². The van der Waals surface area contributed by atoms with Gasteiger partial charge in [0.15, 0.2) is 11.6 Å². The van der Waals surface area contributed by atoms with E-state index in [9.17, 15) is 13.6 Å². The molecule has 19 heavy (non-hydrogen) atoms. The lowest BCUT2D eigenvalue weighted by molar-refractivity contribution is -0.126. The van der Waals surface area contributed by atoms with Gasteiger partial charge >= 0.3 is 0 Å². The van der Waals surface area contributed by atoms with Crippen LogP contribution in [0.1, 0.15) is 19.4 Å². The number of carbonyl (C=O) groups excluding carboxylic acids is 1. The molecule has 4 nitrogen and oxygen atoms in total. The summed E-state index contributed by atoms with van der Waals surface area (Å²) in [5.41, 5.74) is -1.23. The topological polar surface area (TPSA) is 62.1 Å². The Hall–Kier alpha value is -2.16. The van der Waals surface area contributed by atoms with E-state index in [4.69, 9.17) is 5.26 Å². The lowest BCUT2D eigenvalue weighted by Gasteiger charge is -2.15. The molecule has 0 aliphatic carbocycles. The summed E-state index contributed by atoms with van der Waals surface area (Å²) in [6, 6.07) is 3.68. The highest BCUT2D eigenvalue weighted by Gasteiger charge is 2.27. The van der Waals surface area contributed by atoms with Crippen LogP contribution in [0.25, 0.3) is 0 Å². The lowest BCUT2D eigenvalue weighted by atomic mass is 9.94. The average molecular weight is 268 g/mol. The molecule has 0 unspecified atom stereocenters. The first-order chi connectivity index (χ1) is 8.81. The summed E-state index contributed by atoms with van der Waals surface area (Å²) in [4.78, 5) is 11.6. The van der Waals surface area contributed by atoms with Crippen molar-refractivity contribution in [1.82, 2.24) is 5.32 Å². The summed E-state index contributed by atoms with van der Waals surface area (Å²) < 4.78 is 31.6. The Morgan fingerprint density at radius 1 is 1.42 bits per heavy atom. The van der Waals surface area contributed by atoms with Gasteiger partial charge in [0, 0.05) is 18.2 Å². The molecular formula is C13H14F2N2O2. The van der Waals surface area contributed by atoms with E-state index in [1.807, 2.05) is 6.07 Å². The molecule has 1 aromatic carbocycles. The van der Waals surface area contributed by atoms with E-state index in [0.29, 0.717) is 0 Å². The van der Waals surface area contributed by atoms with Crippen LogP contribution < -0.4 is 10.1 Å². The average Bonchev–Trinajstić information content (AvgIpc) is 2.38. The highest BCUT2D eigenvalue weighted by molar-refractivity contribution is 5.84. The molecule has 1 aromatic rings. The molecule has 0 aliphatic heterocycles. The van der Waals surface area contributed by atoms with Gasteiger partial charge in [-0.15, -0.1) is 0 Å². The zero-order chi connectivity index (χ0) is 14.6. The molecule has 0 spiro atoms. The summed E-state index contributed by atoms with van der Waals surface area (Å²) in [6.45, 7) is 2.68. The third kappa shape index (κ3) is 3.41. The summed E-state index contributed by atoms with van der Waals surface area (Å²) in [6.07, 6.45) is 0. The number of amides is 1. The van der Waals surface area contributed by atoms with Crippen molar-refractivity contribution in [2.24, 2.45) is 5.41 Å². The van der Waals surface area contributed by atoms with Crippen LogP contribution in [0.3, 0.4) is 0 Å². The molecule has 0 bridgehead atoms. The molecule has 6 heteroatoms. The summed E-state index contributed by atoms with van der Waals surface area (Å²) in [5.74, 6) is -2.16. The van der Waals surface area contributed by atoms with Gasteiger partial charge in [-0.05, 0) is 19.9 Å². The monoisotopic (exact) mass is 268 g/mol. The Bertz CT molecular complexity index is 536. The van der Waals surface area contributed by atoms with E-state index in [0.717, 1.165) is 12.1 Å². The number of nitrogens with one attached hydrogen (secondary N) is 1. The molecule has 1 rings (SSSR count). The predicted octanol–water partition coefficient (Wildman–Crippen LogP) is 2.14. The van der Waals surface area contributed by atoms with E-state index < -0.39 is 23.0 Å². The van der Waals surface area contributed by atoms with Gasteiger partial charge in [-0.25, -0.2) is 8.78 Å². The zero-order valence-corrected chi connectivity index (χ0v) is 10.9. The molecule has 0 saturated heterocycles. The van der Waals surface area contributed by atoms with Crippen LogP contribution in [-0.2, 0) is 11.3 Å². The molecule has 0 aromatic heterocycles. The van der Waals surface area contributed by atoms with Crippen LogP contribution in [0.4, 0.5) is 8.78 Å². The van der Waals surface area contributed by atoms with Gasteiger partial charge in [-0.1, -0.05) is 0 Å². The third-order valence-corrected chi connectivity index (χ3v) is 2.61. The fraction of sp³-hybridized carbons (Fsp3) is 0.385. The summed E-state index contributed by atoms with van der Waals surface area (Å²) in [5, 5.41) is 11.2. The fourth-order valence-corrected chi connectivity index (χ4v) is 1.31. The maximum Gasteiger partial charge on any atom is 0.240 e. The summed E-state index contributed by atoms with van der Waals surface area (Å²) in [7, 11) is 1.23. The molecule has 0 saturated carbocycles. The maximum atomic E-state index is 13.6. The van der Waals surface area contributed by atoms with Gasteiger partial charge in [-0.2, -0.15) is 5.26 Å². The van der Waals surface area contributed by atoms with Crippen molar-refractivity contribution >= 4 is 5.91 Å². The summed E-state index contributed by atoms with van der Waals surface area (Å²) >= 11 is 0. The zero-order valence-electron chi connectivity index (χ0n) is 10.9. The molecule has 0 radical (unpaired) electrons. The second kappa shape index (κ2) is 5.65. The van der Waals surface area contributed by atoms with Crippen molar-refractivity contribution in [3.8, 4) is 11.8 Å². The van der Waals surface area contributed by atoms with Gasteiger partial charge in [0.05, 0.1) is 13.2 Å². The number of methoxy groups -OCH3 is 1. The molecule has 0 fully saturated rings. The van der Waals surface area contributed by atoms with Gasteiger partial charge in [0.2, 0.25) is 5.91 Å². The SMILES string of the molecule is COc1cc(F)c(CNC(=O)C(C)(C)C#N)cc1F. The number of nitrogens with zero attached hydrogens (tertiary/aromatic N) is 1. The van der Waals surface area contributed by atoms with Crippen molar-refractivity contribution in [1.29, 1.82) is 5.26 Å². The third-order valence-electron chi connectivity index (χ3n) is 2.61. The second-order valence-electron chi connectivity index (χ2n) is 4.50. The van der Waals surface area contributed by atoms with E-state index in [1.165, 1.54) is 21.0 Å². The lowest BCUT2D eigenvalue weighted by Crippen LogP contribution is -2.35. The van der Waals surface area contributed by atoms with Crippen molar-refractivity contribution < 1.29 is 18.3 Å². The number of rotatable bonds is 4. The maximum absolute atomic E-state index is 13.6. The number of carbonyl (C=O) groups is 1. The predicted molar refractivity (Wildman–Crippen MR) is 64.2 cm³/mol. The minimum atomic E-state index is -1.22. The standard InChI is InChI=1S/C13H14F2N2O2/c1-13(2,7-16)12(18)17-6-8-4-10(15)11(19-3)5-9(8)14/h4-5H,6H2,1-3H3,(H,17,18). The number of halogens is 2. The van der Waals surface area contributed by atoms with Gasteiger partial charge in [0.25, 0.3) is 0 Å². The van der Waals surface area contributed by atoms with Crippen LogP contribution in [-0.4, -0.2) is 13.0 Å². The largest absolute Gasteiger partial charge is 0.494 e. The van der Waals surface area contributed by atoms with Crippen LogP contribution in [0, 0.1) is 28.4 Å². The Balaban J connectivity index is 2.83. The smallest absolute Gasteiger partial charge is 0.240 e. The molecule has 0 heterocycles. The number of hydrogen-bond acceptors (Lipinski definition) is 3. The highest BCUT2D eigenvalue weighted by atomic mass is 19.1. The molecule has 0 atom stereocenters. The number of benzene rings is 1. The van der Waals surface area contributed by atoms with Gasteiger partial charge < -0.3 is 10.1 Å². The fourth-order valence-electron chi connectivity index (χ4n) is 1.31. The van der Waals surface area contributed by atoms with E-state index in [-0.39, 0.29) is 17.9 Å². The second-order valence-corrected chi connectivity index (χ2v) is 4.50. The molecule has 1 amide bonds. The van der Waals surface area contributed by atoms with E-state index in [1.54, 1.807) is 0 Å². The Morgan fingerprint density at radius 3 is 2.58 bits per heavy atom. The van der Waals surface area contributed by atoms with Crippen molar-refractivity contribution in [2.75, 3.05) is 7.11 Å². The Kier molecular flexibility index (Phi) is 4.43. The molecule has 0 aliphatic rings. The first-order valence-electron chi connectivity index (χ1n) is 5.53. The van der Waals surface area contributed by atoms with Gasteiger partial charge in [-0.3, -0.25) is 4.79 Å². The Labute approximate surface area is 110 Å². The van der Waals surface area contributed by atoms with Crippen LogP contribution >= 0.6 is 0 Å². The van der Waals surface area contributed by atoms with Crippen molar-refractivity contribution in [2.45, 2.75) is 20.4 Å². The Morgan fingerprint density at radius 2 is 2.05 bits per heavy atom. The van der Waals surface area contributed by atoms with E-state index >= 15 is 0 Å². The van der Waals surface area contributed by atoms with E-state index in [2.05, 4.69) is 10.1 Å². The van der Waals surface area contributed by atoms with Crippen LogP contribution in [0.15, 0.2) is 12.1 Å². The minimum absolute atomic E-state index is 0.0135. The number of nitriles is 1. The van der Waals surface area contributed by atoms with Crippen LogP contribution in [0.5, 0.6) is 5.75 Å². The highest BCUT2D eigenvalue weighted by Crippen LogP contribution is 2.21. The molecule has 102 valence electrons. The first kappa shape index (κ1) is 14.9. The van der Waals surface area contributed by atoms with Crippen molar-refractivity contribution in [3.63, 3.8) is 0 Å². The number of ether oxygens (including phenoxy) is 1. The molecular weight excluding hydrogens is 254 g/mol. The quantitative estimate of drug-likeness (QED) is 0.910.